The number of thiophene rings is 1. The number of benzene rings is 1. The van der Waals surface area contributed by atoms with Gasteiger partial charge in [0.15, 0.2) is 0 Å². The van der Waals surface area contributed by atoms with Gasteiger partial charge in [0, 0.05) is 16.2 Å². The molecule has 1 atom stereocenters. The Morgan fingerprint density at radius 3 is 2.68 bits per heavy atom. The largest absolute Gasteiger partial charge is 0.289 e. The Morgan fingerprint density at radius 1 is 1.18 bits per heavy atom. The summed E-state index contributed by atoms with van der Waals surface area (Å²) in [5.41, 5.74) is 3.01. The summed E-state index contributed by atoms with van der Waals surface area (Å²) in [5.74, 6) is 0.765. The first-order valence-electron chi connectivity index (χ1n) is 7.46. The number of carbonyl (C=O) groups excluding carboxylic acids is 1. The van der Waals surface area contributed by atoms with Gasteiger partial charge in [-0.15, -0.1) is 23.1 Å². The van der Waals surface area contributed by atoms with Crippen molar-refractivity contribution in [3.8, 4) is 10.4 Å². The van der Waals surface area contributed by atoms with Gasteiger partial charge >= 0.3 is 0 Å². The Morgan fingerprint density at radius 2 is 2.00 bits per heavy atom. The zero-order valence-corrected chi connectivity index (χ0v) is 13.9. The summed E-state index contributed by atoms with van der Waals surface area (Å²) in [4.78, 5) is 14.2. The molecule has 116 valence electrons. The van der Waals surface area contributed by atoms with Crippen LogP contribution < -0.4 is 5.48 Å². The zero-order chi connectivity index (χ0) is 15.4. The molecule has 1 aromatic carbocycles. The Hall–Kier alpha value is -1.30. The van der Waals surface area contributed by atoms with E-state index in [2.05, 4.69) is 24.3 Å². The second-order valence-corrected chi connectivity index (χ2v) is 8.10. The Kier molecular flexibility index (Phi) is 4.86. The summed E-state index contributed by atoms with van der Waals surface area (Å²) in [5, 5.41) is 8.90. The lowest BCUT2D eigenvalue weighted by atomic mass is 9.94. The molecule has 5 heteroatoms. The monoisotopic (exact) mass is 333 g/mol. The first-order valence-corrected chi connectivity index (χ1v) is 9.26. The molecule has 3 rings (SSSR count). The van der Waals surface area contributed by atoms with Gasteiger partial charge in [0.05, 0.1) is 4.75 Å². The van der Waals surface area contributed by atoms with Crippen molar-refractivity contribution < 1.29 is 10.0 Å². The molecule has 2 N–H and O–H groups in total. The topological polar surface area (TPSA) is 49.3 Å². The number of nitrogens with one attached hydrogen (secondary N) is 1. The predicted octanol–water partition coefficient (Wildman–Crippen LogP) is 4.42. The molecule has 3 nitrogen and oxygen atoms in total. The van der Waals surface area contributed by atoms with E-state index in [0.29, 0.717) is 6.42 Å². The van der Waals surface area contributed by atoms with Crippen molar-refractivity contribution in [2.24, 2.45) is 0 Å². The lowest BCUT2D eigenvalue weighted by Crippen LogP contribution is -2.32. The second kappa shape index (κ2) is 6.86. The molecule has 1 saturated heterocycles. The first-order chi connectivity index (χ1) is 10.7. The van der Waals surface area contributed by atoms with Gasteiger partial charge in [0.25, 0.3) is 0 Å². The van der Waals surface area contributed by atoms with Crippen molar-refractivity contribution in [1.82, 2.24) is 5.48 Å². The highest BCUT2D eigenvalue weighted by molar-refractivity contribution is 8.00. The number of hydrogen-bond acceptors (Lipinski definition) is 4. The summed E-state index contributed by atoms with van der Waals surface area (Å²) in [6, 6.07) is 14.6. The standard InChI is InChI=1S/C17H19NO2S2/c19-16(18-20)12-17(10-4-5-11-21-17)15-9-8-14(22-15)13-6-2-1-3-7-13/h1-3,6-9,20H,4-5,10-12H2,(H,18,19)/t17-/m0/s1. The van der Waals surface area contributed by atoms with E-state index in [9.17, 15) is 4.79 Å². The number of hydrogen-bond donors (Lipinski definition) is 2. The summed E-state index contributed by atoms with van der Waals surface area (Å²) in [7, 11) is 0. The van der Waals surface area contributed by atoms with Crippen LogP contribution in [0.25, 0.3) is 10.4 Å². The van der Waals surface area contributed by atoms with Gasteiger partial charge in [0.2, 0.25) is 5.91 Å². The lowest BCUT2D eigenvalue weighted by molar-refractivity contribution is -0.129. The second-order valence-electron chi connectivity index (χ2n) is 5.54. The van der Waals surface area contributed by atoms with Gasteiger partial charge < -0.3 is 0 Å². The highest BCUT2D eigenvalue weighted by Crippen LogP contribution is 2.50. The van der Waals surface area contributed by atoms with Crippen LogP contribution in [0.5, 0.6) is 0 Å². The van der Waals surface area contributed by atoms with Gasteiger partial charge in [-0.3, -0.25) is 10.0 Å². The Labute approximate surface area is 138 Å². The molecule has 1 aliphatic heterocycles. The number of amides is 1. The highest BCUT2D eigenvalue weighted by Gasteiger charge is 2.38. The van der Waals surface area contributed by atoms with E-state index in [1.807, 2.05) is 30.0 Å². The van der Waals surface area contributed by atoms with Crippen LogP contribution in [-0.2, 0) is 9.54 Å². The van der Waals surface area contributed by atoms with Gasteiger partial charge in [-0.25, -0.2) is 5.48 Å². The van der Waals surface area contributed by atoms with E-state index in [-0.39, 0.29) is 10.7 Å². The van der Waals surface area contributed by atoms with E-state index < -0.39 is 0 Å². The third-order valence-corrected chi connectivity index (χ3v) is 7.12. The molecular weight excluding hydrogens is 314 g/mol. The average Bonchev–Trinajstić information content (AvgIpc) is 3.07. The van der Waals surface area contributed by atoms with Crippen molar-refractivity contribution in [2.75, 3.05) is 5.75 Å². The molecule has 0 bridgehead atoms. The van der Waals surface area contributed by atoms with Crippen molar-refractivity contribution in [3.05, 3.63) is 47.3 Å². The van der Waals surface area contributed by atoms with Crippen LogP contribution in [0.1, 0.15) is 30.6 Å². The molecule has 0 spiro atoms. The minimum absolute atomic E-state index is 0.192. The summed E-state index contributed by atoms with van der Waals surface area (Å²) < 4.78 is -0.192. The van der Waals surface area contributed by atoms with Crippen LogP contribution in [0.3, 0.4) is 0 Å². The number of rotatable bonds is 4. The van der Waals surface area contributed by atoms with Crippen LogP contribution >= 0.6 is 23.1 Å². The van der Waals surface area contributed by atoms with E-state index in [1.165, 1.54) is 21.7 Å². The van der Waals surface area contributed by atoms with Gasteiger partial charge in [0.1, 0.15) is 0 Å². The maximum Gasteiger partial charge on any atom is 0.245 e. The molecule has 0 unspecified atom stereocenters. The van der Waals surface area contributed by atoms with E-state index in [1.54, 1.807) is 16.8 Å². The molecule has 1 aliphatic rings. The summed E-state index contributed by atoms with van der Waals surface area (Å²) in [6.45, 7) is 0. The maximum absolute atomic E-state index is 11.8. The SMILES string of the molecule is O=C(C[C@]1(c2ccc(-c3ccccc3)s2)CCCCS1)NO. The van der Waals surface area contributed by atoms with Crippen LogP contribution in [0, 0.1) is 0 Å². The Balaban J connectivity index is 1.91. The molecule has 0 radical (unpaired) electrons. The quantitative estimate of drug-likeness (QED) is 0.643. The molecule has 2 heterocycles. The molecule has 22 heavy (non-hydrogen) atoms. The molecule has 1 aromatic heterocycles. The third-order valence-electron chi connectivity index (χ3n) is 4.04. The lowest BCUT2D eigenvalue weighted by Gasteiger charge is -2.35. The van der Waals surface area contributed by atoms with Crippen molar-refractivity contribution >= 4 is 29.0 Å². The fraction of sp³-hybridized carbons (Fsp3) is 0.353. The molecular formula is C17H19NO2S2. The molecule has 2 aromatic rings. The number of thioether (sulfide) groups is 1. The molecule has 0 saturated carbocycles. The fourth-order valence-corrected chi connectivity index (χ4v) is 5.81. The molecule has 1 fully saturated rings. The number of hydroxylamine groups is 1. The third kappa shape index (κ3) is 3.21. The Bertz CT molecular complexity index is 633. The van der Waals surface area contributed by atoms with E-state index in [4.69, 9.17) is 5.21 Å². The van der Waals surface area contributed by atoms with Crippen LogP contribution in [-0.4, -0.2) is 16.9 Å². The number of carbonyl (C=O) groups is 1. The van der Waals surface area contributed by atoms with Crippen molar-refractivity contribution in [2.45, 2.75) is 30.4 Å². The van der Waals surface area contributed by atoms with Gasteiger partial charge in [-0.2, -0.15) is 0 Å². The minimum Gasteiger partial charge on any atom is -0.289 e. The normalized spacial score (nSPS) is 21.5. The average molecular weight is 333 g/mol. The zero-order valence-electron chi connectivity index (χ0n) is 12.2. The van der Waals surface area contributed by atoms with Gasteiger partial charge in [-0.1, -0.05) is 36.8 Å². The fourth-order valence-electron chi connectivity index (χ4n) is 2.91. The van der Waals surface area contributed by atoms with Gasteiger partial charge in [-0.05, 0) is 36.3 Å². The smallest absolute Gasteiger partial charge is 0.245 e. The van der Waals surface area contributed by atoms with E-state index in [0.717, 1.165) is 18.6 Å². The van der Waals surface area contributed by atoms with Crippen molar-refractivity contribution in [1.29, 1.82) is 0 Å². The molecule has 1 amide bonds. The van der Waals surface area contributed by atoms with Crippen LogP contribution in [0.4, 0.5) is 0 Å². The van der Waals surface area contributed by atoms with E-state index >= 15 is 0 Å². The minimum atomic E-state index is -0.302. The predicted molar refractivity (Wildman–Crippen MR) is 92.3 cm³/mol. The van der Waals surface area contributed by atoms with Crippen molar-refractivity contribution in [3.63, 3.8) is 0 Å². The first kappa shape index (κ1) is 15.6. The molecule has 0 aliphatic carbocycles. The van der Waals surface area contributed by atoms with Crippen LogP contribution in [0.15, 0.2) is 42.5 Å². The summed E-state index contributed by atoms with van der Waals surface area (Å²) in [6.07, 6.45) is 3.65. The summed E-state index contributed by atoms with van der Waals surface area (Å²) >= 11 is 3.62. The van der Waals surface area contributed by atoms with Crippen LogP contribution in [0.2, 0.25) is 0 Å². The highest BCUT2D eigenvalue weighted by atomic mass is 32.2. The maximum atomic E-state index is 11.8.